The van der Waals surface area contributed by atoms with Crippen molar-refractivity contribution in [2.45, 2.75) is 26.7 Å². The lowest BCUT2D eigenvalue weighted by Crippen LogP contribution is -2.30. The molecule has 0 atom stereocenters. The van der Waals surface area contributed by atoms with Crippen LogP contribution in [0.5, 0.6) is 0 Å². The Labute approximate surface area is 102 Å². The number of nitrogens with one attached hydrogen (secondary N) is 2. The number of amides is 2. The summed E-state index contributed by atoms with van der Waals surface area (Å²) in [7, 11) is 1.59. The molecule has 0 rings (SSSR count). The normalized spacial score (nSPS) is 10.2. The Morgan fingerprint density at radius 2 is 1.94 bits per heavy atom. The molecule has 5 heteroatoms. The molecule has 0 aromatic rings. The maximum absolute atomic E-state index is 11.3. The lowest BCUT2D eigenvalue weighted by molar-refractivity contribution is -0.121. The molecule has 0 fully saturated rings. The highest BCUT2D eigenvalue weighted by Crippen LogP contribution is 2.07. The minimum Gasteiger partial charge on any atom is -0.359 e. The van der Waals surface area contributed by atoms with Crippen molar-refractivity contribution < 1.29 is 9.59 Å². The summed E-state index contributed by atoms with van der Waals surface area (Å²) in [5.74, 6) is 2.15. The van der Waals surface area contributed by atoms with E-state index in [1.54, 1.807) is 18.8 Å². The molecule has 0 saturated carbocycles. The third-order valence-corrected chi connectivity index (χ3v) is 3.02. The first-order valence-electron chi connectivity index (χ1n) is 5.61. The van der Waals surface area contributed by atoms with Crippen LogP contribution in [-0.4, -0.2) is 36.9 Å². The first kappa shape index (κ1) is 15.3. The minimum atomic E-state index is -0.0484. The highest BCUT2D eigenvalue weighted by Gasteiger charge is 2.03. The van der Waals surface area contributed by atoms with Crippen molar-refractivity contribution in [3.63, 3.8) is 0 Å². The number of hydrogen-bond donors (Lipinski definition) is 2. The van der Waals surface area contributed by atoms with Gasteiger partial charge in [0.15, 0.2) is 0 Å². The molecule has 94 valence electrons. The molecular formula is C11H22N2O2S. The van der Waals surface area contributed by atoms with Gasteiger partial charge in [-0.25, -0.2) is 0 Å². The number of carbonyl (C=O) groups is 2. The lowest BCUT2D eigenvalue weighted by Gasteiger charge is -2.05. The summed E-state index contributed by atoms with van der Waals surface area (Å²) in [6.45, 7) is 4.76. The van der Waals surface area contributed by atoms with E-state index in [9.17, 15) is 9.59 Å². The van der Waals surface area contributed by atoms with Crippen LogP contribution in [0, 0.1) is 5.92 Å². The Morgan fingerprint density at radius 1 is 1.25 bits per heavy atom. The van der Waals surface area contributed by atoms with Crippen LogP contribution in [0.1, 0.15) is 26.7 Å². The predicted molar refractivity (Wildman–Crippen MR) is 68.5 cm³/mol. The van der Waals surface area contributed by atoms with E-state index in [4.69, 9.17) is 0 Å². The largest absolute Gasteiger partial charge is 0.359 e. The predicted octanol–water partition coefficient (Wildman–Crippen LogP) is 1.02. The van der Waals surface area contributed by atoms with Gasteiger partial charge in [0.2, 0.25) is 11.8 Å². The van der Waals surface area contributed by atoms with Gasteiger partial charge in [-0.1, -0.05) is 13.8 Å². The van der Waals surface area contributed by atoms with Gasteiger partial charge in [0.1, 0.15) is 0 Å². The topological polar surface area (TPSA) is 58.2 Å². The van der Waals surface area contributed by atoms with Crippen LogP contribution >= 0.6 is 11.8 Å². The summed E-state index contributed by atoms with van der Waals surface area (Å²) in [6, 6.07) is 0. The van der Waals surface area contributed by atoms with E-state index in [1.165, 1.54) is 0 Å². The summed E-state index contributed by atoms with van der Waals surface area (Å²) in [5, 5.41) is 5.22. The number of hydrogen-bond acceptors (Lipinski definition) is 3. The maximum atomic E-state index is 11.3. The molecule has 2 N–H and O–H groups in total. The van der Waals surface area contributed by atoms with Crippen molar-refractivity contribution in [2.24, 2.45) is 5.92 Å². The second-order valence-corrected chi connectivity index (χ2v) is 5.11. The van der Waals surface area contributed by atoms with Gasteiger partial charge in [0, 0.05) is 20.0 Å². The van der Waals surface area contributed by atoms with Crippen LogP contribution in [-0.2, 0) is 9.59 Å². The Balaban J connectivity index is 3.35. The average Bonchev–Trinajstić information content (AvgIpc) is 2.24. The molecule has 0 radical (unpaired) electrons. The third kappa shape index (κ3) is 9.83. The van der Waals surface area contributed by atoms with Gasteiger partial charge >= 0.3 is 0 Å². The van der Waals surface area contributed by atoms with Gasteiger partial charge in [-0.05, 0) is 18.1 Å². The second-order valence-electron chi connectivity index (χ2n) is 4.01. The van der Waals surface area contributed by atoms with Crippen LogP contribution in [0.2, 0.25) is 0 Å². The number of thioether (sulfide) groups is 1. The molecule has 0 heterocycles. The first-order valence-corrected chi connectivity index (χ1v) is 6.76. The van der Waals surface area contributed by atoms with Crippen LogP contribution in [0.25, 0.3) is 0 Å². The quantitative estimate of drug-likeness (QED) is 0.629. The lowest BCUT2D eigenvalue weighted by atomic mass is 10.2. The SMILES string of the molecule is CNC(=O)CCNC(=O)CSCCC(C)C. The molecule has 16 heavy (non-hydrogen) atoms. The van der Waals surface area contributed by atoms with E-state index < -0.39 is 0 Å². The van der Waals surface area contributed by atoms with Crippen LogP contribution in [0.15, 0.2) is 0 Å². The van der Waals surface area contributed by atoms with E-state index >= 15 is 0 Å². The average molecular weight is 246 g/mol. The van der Waals surface area contributed by atoms with Gasteiger partial charge in [-0.2, -0.15) is 11.8 Å². The summed E-state index contributed by atoms with van der Waals surface area (Å²) < 4.78 is 0. The molecule has 0 aliphatic rings. The molecule has 0 aromatic heterocycles. The van der Waals surface area contributed by atoms with E-state index in [-0.39, 0.29) is 11.8 Å². The summed E-state index contributed by atoms with van der Waals surface area (Å²) >= 11 is 1.64. The van der Waals surface area contributed by atoms with Crippen molar-refractivity contribution in [1.82, 2.24) is 10.6 Å². The van der Waals surface area contributed by atoms with E-state index in [1.807, 2.05) is 0 Å². The summed E-state index contributed by atoms with van der Waals surface area (Å²) in [5.41, 5.74) is 0. The highest BCUT2D eigenvalue weighted by molar-refractivity contribution is 7.99. The molecular weight excluding hydrogens is 224 g/mol. The molecule has 0 aliphatic carbocycles. The minimum absolute atomic E-state index is 0.0117. The molecule has 0 aliphatic heterocycles. The van der Waals surface area contributed by atoms with Crippen LogP contribution in [0.3, 0.4) is 0 Å². The second kappa shape index (κ2) is 9.51. The van der Waals surface area contributed by atoms with E-state index in [0.29, 0.717) is 24.6 Å². The standard InChI is InChI=1S/C11H22N2O2S/c1-9(2)5-7-16-8-11(15)13-6-4-10(14)12-3/h9H,4-8H2,1-3H3,(H,12,14)(H,13,15). The Bertz CT molecular complexity index is 220. The van der Waals surface area contributed by atoms with Crippen LogP contribution < -0.4 is 10.6 Å². The molecule has 2 amide bonds. The molecule has 0 bridgehead atoms. The van der Waals surface area contributed by atoms with Crippen molar-refractivity contribution in [1.29, 1.82) is 0 Å². The first-order chi connectivity index (χ1) is 7.56. The van der Waals surface area contributed by atoms with Gasteiger partial charge in [-0.15, -0.1) is 0 Å². The van der Waals surface area contributed by atoms with Crippen molar-refractivity contribution in [3.8, 4) is 0 Å². The van der Waals surface area contributed by atoms with Crippen molar-refractivity contribution in [3.05, 3.63) is 0 Å². The number of carbonyl (C=O) groups excluding carboxylic acids is 2. The van der Waals surface area contributed by atoms with Crippen LogP contribution in [0.4, 0.5) is 0 Å². The molecule has 0 aromatic carbocycles. The molecule has 0 saturated heterocycles. The third-order valence-electron chi connectivity index (χ3n) is 2.03. The molecule has 0 unspecified atom stereocenters. The highest BCUT2D eigenvalue weighted by atomic mass is 32.2. The summed E-state index contributed by atoms with van der Waals surface area (Å²) in [6.07, 6.45) is 1.48. The van der Waals surface area contributed by atoms with Gasteiger partial charge in [-0.3, -0.25) is 9.59 Å². The zero-order valence-corrected chi connectivity index (χ0v) is 11.2. The summed E-state index contributed by atoms with van der Waals surface area (Å²) in [4.78, 5) is 22.2. The zero-order chi connectivity index (χ0) is 12.4. The van der Waals surface area contributed by atoms with Gasteiger partial charge in [0.25, 0.3) is 0 Å². The Morgan fingerprint density at radius 3 is 2.50 bits per heavy atom. The monoisotopic (exact) mass is 246 g/mol. The van der Waals surface area contributed by atoms with E-state index in [2.05, 4.69) is 24.5 Å². The van der Waals surface area contributed by atoms with Crippen molar-refractivity contribution >= 4 is 23.6 Å². The number of rotatable bonds is 8. The smallest absolute Gasteiger partial charge is 0.230 e. The van der Waals surface area contributed by atoms with Gasteiger partial charge < -0.3 is 10.6 Å². The molecule has 4 nitrogen and oxygen atoms in total. The Hall–Kier alpha value is -0.710. The fourth-order valence-corrected chi connectivity index (χ4v) is 2.05. The fourth-order valence-electron chi connectivity index (χ4n) is 0.975. The molecule has 0 spiro atoms. The van der Waals surface area contributed by atoms with Crippen molar-refractivity contribution in [2.75, 3.05) is 25.1 Å². The van der Waals surface area contributed by atoms with E-state index in [0.717, 1.165) is 12.2 Å². The fraction of sp³-hybridized carbons (Fsp3) is 0.818. The zero-order valence-electron chi connectivity index (χ0n) is 10.3. The maximum Gasteiger partial charge on any atom is 0.230 e. The van der Waals surface area contributed by atoms with Gasteiger partial charge in [0.05, 0.1) is 5.75 Å². The Kier molecular flexibility index (Phi) is 9.09.